The fraction of sp³-hybridized carbons (Fsp3) is 0.375. The Morgan fingerprint density at radius 3 is 2.25 bits per heavy atom. The van der Waals surface area contributed by atoms with Gasteiger partial charge in [-0.25, -0.2) is 4.79 Å². The van der Waals surface area contributed by atoms with Gasteiger partial charge in [-0.15, -0.1) is 0 Å². The topological polar surface area (TPSA) is 95.9 Å². The molecule has 0 radical (unpaired) electrons. The molecule has 1 aliphatic rings. The lowest BCUT2D eigenvalue weighted by molar-refractivity contribution is -0.138. The minimum absolute atomic E-state index is 0.0632. The van der Waals surface area contributed by atoms with Crippen molar-refractivity contribution in [3.05, 3.63) is 59.7 Å². The molecule has 0 bridgehead atoms. The van der Waals surface area contributed by atoms with Gasteiger partial charge in [-0.1, -0.05) is 48.5 Å². The zero-order valence-corrected chi connectivity index (χ0v) is 19.1. The molecule has 0 unspecified atom stereocenters. The van der Waals surface area contributed by atoms with Crippen molar-refractivity contribution < 1.29 is 24.2 Å². The summed E-state index contributed by atoms with van der Waals surface area (Å²) in [6, 6.07) is 15.4. The highest BCUT2D eigenvalue weighted by Crippen LogP contribution is 2.44. The Morgan fingerprint density at radius 2 is 1.69 bits per heavy atom. The van der Waals surface area contributed by atoms with Gasteiger partial charge in [0.2, 0.25) is 5.91 Å². The van der Waals surface area contributed by atoms with Gasteiger partial charge in [-0.05, 0) is 40.7 Å². The lowest BCUT2D eigenvalue weighted by atomic mass is 9.98. The standard InChI is InChI=1S/C24H28N2O5S/c1-26(13-11-22(27)28)23(29)21(12-14-32-2)25-24(30)31-15-20-18-9-5-3-7-16(18)17-8-4-6-10-19(17)20/h3-10,20-21H,11-15H2,1-2H3,(H,25,30)(H,27,28)/t21-/m0/s1. The maximum absolute atomic E-state index is 12.7. The number of rotatable bonds is 10. The summed E-state index contributed by atoms with van der Waals surface area (Å²) in [6.07, 6.45) is 1.55. The van der Waals surface area contributed by atoms with Crippen LogP contribution in [0.3, 0.4) is 0 Å². The maximum Gasteiger partial charge on any atom is 0.407 e. The van der Waals surface area contributed by atoms with Crippen LogP contribution in [0, 0.1) is 0 Å². The number of carboxylic acids is 1. The molecule has 32 heavy (non-hydrogen) atoms. The van der Waals surface area contributed by atoms with Crippen molar-refractivity contribution in [2.75, 3.05) is 32.2 Å². The van der Waals surface area contributed by atoms with Gasteiger partial charge in [-0.3, -0.25) is 9.59 Å². The third-order valence-corrected chi connectivity index (χ3v) is 6.23. The normalized spacial score (nSPS) is 13.1. The molecular weight excluding hydrogens is 428 g/mol. The Morgan fingerprint density at radius 1 is 1.09 bits per heavy atom. The molecule has 2 amide bonds. The first-order valence-corrected chi connectivity index (χ1v) is 11.9. The summed E-state index contributed by atoms with van der Waals surface area (Å²) in [5, 5.41) is 11.5. The lowest BCUT2D eigenvalue weighted by Crippen LogP contribution is -2.48. The van der Waals surface area contributed by atoms with Crippen LogP contribution in [0.2, 0.25) is 0 Å². The van der Waals surface area contributed by atoms with Crippen LogP contribution >= 0.6 is 11.8 Å². The molecule has 0 heterocycles. The van der Waals surface area contributed by atoms with E-state index < -0.39 is 18.1 Å². The van der Waals surface area contributed by atoms with Crippen LogP contribution in [0.4, 0.5) is 4.79 Å². The summed E-state index contributed by atoms with van der Waals surface area (Å²) in [5.41, 5.74) is 4.52. The van der Waals surface area contributed by atoms with Crippen LogP contribution < -0.4 is 5.32 Å². The fourth-order valence-corrected chi connectivity index (χ4v) is 4.39. The van der Waals surface area contributed by atoms with Crippen LogP contribution in [-0.2, 0) is 14.3 Å². The van der Waals surface area contributed by atoms with Gasteiger partial charge in [0.1, 0.15) is 12.6 Å². The first kappa shape index (κ1) is 23.7. The van der Waals surface area contributed by atoms with Crippen molar-refractivity contribution in [2.24, 2.45) is 0 Å². The van der Waals surface area contributed by atoms with E-state index in [2.05, 4.69) is 17.4 Å². The van der Waals surface area contributed by atoms with Gasteiger partial charge in [0.05, 0.1) is 6.42 Å². The number of hydrogen-bond acceptors (Lipinski definition) is 5. The summed E-state index contributed by atoms with van der Waals surface area (Å²) < 4.78 is 5.56. The first-order valence-electron chi connectivity index (χ1n) is 10.5. The Labute approximate surface area is 192 Å². The number of ether oxygens (including phenoxy) is 1. The number of carbonyl (C=O) groups is 3. The Bertz CT molecular complexity index is 935. The second-order valence-corrected chi connectivity index (χ2v) is 8.69. The molecule has 8 heteroatoms. The molecule has 2 N–H and O–H groups in total. The lowest BCUT2D eigenvalue weighted by Gasteiger charge is -2.24. The number of fused-ring (bicyclic) bond motifs is 3. The highest BCUT2D eigenvalue weighted by molar-refractivity contribution is 7.98. The van der Waals surface area contributed by atoms with Crippen molar-refractivity contribution in [1.82, 2.24) is 10.2 Å². The molecule has 0 fully saturated rings. The number of nitrogens with one attached hydrogen (secondary N) is 1. The number of alkyl carbamates (subject to hydrolysis) is 1. The number of nitrogens with zero attached hydrogens (tertiary/aromatic N) is 1. The molecule has 0 aromatic heterocycles. The van der Waals surface area contributed by atoms with Crippen LogP contribution in [0.5, 0.6) is 0 Å². The minimum Gasteiger partial charge on any atom is -0.481 e. The van der Waals surface area contributed by atoms with Crippen LogP contribution in [0.25, 0.3) is 11.1 Å². The summed E-state index contributed by atoms with van der Waals surface area (Å²) >= 11 is 1.57. The Hall–Kier alpha value is -3.00. The maximum atomic E-state index is 12.7. The van der Waals surface area contributed by atoms with E-state index >= 15 is 0 Å². The van der Waals surface area contributed by atoms with Gasteiger partial charge >= 0.3 is 12.1 Å². The van der Waals surface area contributed by atoms with E-state index in [1.807, 2.05) is 42.7 Å². The van der Waals surface area contributed by atoms with Crippen molar-refractivity contribution in [2.45, 2.75) is 24.8 Å². The fourth-order valence-electron chi connectivity index (χ4n) is 3.91. The molecule has 2 aromatic carbocycles. The molecule has 0 saturated heterocycles. The first-order chi connectivity index (χ1) is 15.4. The highest BCUT2D eigenvalue weighted by Gasteiger charge is 2.30. The second-order valence-electron chi connectivity index (χ2n) is 7.71. The molecule has 2 aromatic rings. The van der Waals surface area contributed by atoms with E-state index in [0.717, 1.165) is 22.3 Å². The van der Waals surface area contributed by atoms with E-state index in [-0.39, 0.29) is 31.4 Å². The quantitative estimate of drug-likeness (QED) is 0.567. The minimum atomic E-state index is -0.977. The van der Waals surface area contributed by atoms with Crippen molar-refractivity contribution in [3.63, 3.8) is 0 Å². The summed E-state index contributed by atoms with van der Waals surface area (Å²) in [7, 11) is 1.54. The smallest absolute Gasteiger partial charge is 0.407 e. The van der Waals surface area contributed by atoms with Gasteiger partial charge in [-0.2, -0.15) is 11.8 Å². The molecule has 0 aliphatic heterocycles. The largest absolute Gasteiger partial charge is 0.481 e. The van der Waals surface area contributed by atoms with Crippen molar-refractivity contribution >= 4 is 29.7 Å². The third-order valence-electron chi connectivity index (χ3n) is 5.58. The summed E-state index contributed by atoms with van der Waals surface area (Å²) in [5.74, 6) is -0.692. The number of aliphatic carboxylic acids is 1. The molecular formula is C24H28N2O5S. The molecule has 0 spiro atoms. The van der Waals surface area contributed by atoms with Gasteiger partial charge in [0.25, 0.3) is 0 Å². The van der Waals surface area contributed by atoms with E-state index in [0.29, 0.717) is 12.2 Å². The van der Waals surface area contributed by atoms with E-state index in [9.17, 15) is 14.4 Å². The summed E-state index contributed by atoms with van der Waals surface area (Å²) in [6.45, 7) is 0.245. The third kappa shape index (κ3) is 5.62. The van der Waals surface area contributed by atoms with E-state index in [1.54, 1.807) is 11.8 Å². The van der Waals surface area contributed by atoms with E-state index in [4.69, 9.17) is 9.84 Å². The highest BCUT2D eigenvalue weighted by atomic mass is 32.2. The molecule has 170 valence electrons. The number of amides is 2. The molecule has 7 nitrogen and oxygen atoms in total. The molecule has 1 aliphatic carbocycles. The average Bonchev–Trinajstić information content (AvgIpc) is 3.12. The van der Waals surface area contributed by atoms with Crippen LogP contribution in [0.1, 0.15) is 29.9 Å². The zero-order valence-electron chi connectivity index (χ0n) is 18.2. The van der Waals surface area contributed by atoms with Gasteiger partial charge < -0.3 is 20.1 Å². The monoisotopic (exact) mass is 456 g/mol. The Balaban J connectivity index is 1.64. The number of hydrogen-bond donors (Lipinski definition) is 2. The number of thioether (sulfide) groups is 1. The van der Waals surface area contributed by atoms with Gasteiger partial charge in [0, 0.05) is 19.5 Å². The molecule has 1 atom stereocenters. The van der Waals surface area contributed by atoms with Crippen molar-refractivity contribution in [3.8, 4) is 11.1 Å². The zero-order chi connectivity index (χ0) is 23.1. The predicted octanol–water partition coefficient (Wildman–Crippen LogP) is 3.58. The Kier molecular flexibility index (Phi) is 8.16. The summed E-state index contributed by atoms with van der Waals surface area (Å²) in [4.78, 5) is 37.5. The molecule has 3 rings (SSSR count). The second kappa shape index (κ2) is 11.0. The number of carbonyl (C=O) groups excluding carboxylic acids is 2. The number of benzene rings is 2. The van der Waals surface area contributed by atoms with Crippen LogP contribution in [0.15, 0.2) is 48.5 Å². The average molecular weight is 457 g/mol. The number of likely N-dealkylation sites (N-methyl/N-ethyl adjacent to an activating group) is 1. The number of carboxylic acid groups (broad SMARTS) is 1. The van der Waals surface area contributed by atoms with Crippen molar-refractivity contribution in [1.29, 1.82) is 0 Å². The van der Waals surface area contributed by atoms with Crippen LogP contribution in [-0.4, -0.2) is 66.2 Å². The SMILES string of the molecule is CSCC[C@H](NC(=O)OCC1c2ccccc2-c2ccccc21)C(=O)N(C)CCC(=O)O. The predicted molar refractivity (Wildman–Crippen MR) is 125 cm³/mol. The van der Waals surface area contributed by atoms with E-state index in [1.165, 1.54) is 11.9 Å². The molecule has 0 saturated carbocycles. The van der Waals surface area contributed by atoms with Gasteiger partial charge in [0.15, 0.2) is 0 Å².